The van der Waals surface area contributed by atoms with Crippen LogP contribution in [-0.2, 0) is 26.0 Å². The van der Waals surface area contributed by atoms with Gasteiger partial charge in [0.25, 0.3) is 15.9 Å². The van der Waals surface area contributed by atoms with Gasteiger partial charge in [0.2, 0.25) is 0 Å². The fourth-order valence-electron chi connectivity index (χ4n) is 2.92. The molecule has 1 heterocycles. The Bertz CT molecular complexity index is 1190. The van der Waals surface area contributed by atoms with Crippen LogP contribution in [0.2, 0.25) is 0 Å². The molecular formula is C23H24N2O6S2. The van der Waals surface area contributed by atoms with Crippen LogP contribution in [0.5, 0.6) is 5.75 Å². The summed E-state index contributed by atoms with van der Waals surface area (Å²) in [6.07, 6.45) is 0.693. The molecule has 0 atom stereocenters. The zero-order valence-electron chi connectivity index (χ0n) is 18.2. The number of rotatable bonds is 10. The average molecular weight is 489 g/mol. The van der Waals surface area contributed by atoms with E-state index in [2.05, 4.69) is 5.32 Å². The number of sulfonamides is 1. The second-order valence-corrected chi connectivity index (χ2v) is 9.96. The molecule has 2 aromatic carbocycles. The Balaban J connectivity index is 1.60. The van der Waals surface area contributed by atoms with Gasteiger partial charge in [0, 0.05) is 18.5 Å². The number of nitrogens with one attached hydrogen (secondary N) is 1. The quantitative estimate of drug-likeness (QED) is 0.440. The van der Waals surface area contributed by atoms with Crippen LogP contribution in [0.4, 0.5) is 5.69 Å². The van der Waals surface area contributed by atoms with E-state index in [0.717, 1.165) is 9.18 Å². The smallest absolute Gasteiger partial charge is 0.338 e. The molecule has 0 aliphatic heterocycles. The Hall–Kier alpha value is -3.37. The van der Waals surface area contributed by atoms with Gasteiger partial charge >= 0.3 is 5.97 Å². The predicted octanol–water partition coefficient (Wildman–Crippen LogP) is 3.10. The van der Waals surface area contributed by atoms with Crippen LogP contribution in [0.3, 0.4) is 0 Å². The van der Waals surface area contributed by atoms with Crippen LogP contribution in [0.25, 0.3) is 0 Å². The first-order chi connectivity index (χ1) is 15.8. The molecule has 0 fully saturated rings. The maximum atomic E-state index is 13.0. The molecular weight excluding hydrogens is 464 g/mol. The summed E-state index contributed by atoms with van der Waals surface area (Å²) in [5.41, 5.74) is 0.466. The number of hydrogen-bond donors (Lipinski definition) is 1. The summed E-state index contributed by atoms with van der Waals surface area (Å²) in [4.78, 5) is 25.4. The SMILES string of the molecule is COc1ccc(N(C)S(=O)(=O)c2cccc(C(=O)OCC(=O)NCCc3cccs3)c2)cc1. The lowest BCUT2D eigenvalue weighted by atomic mass is 10.2. The normalized spacial score (nSPS) is 11.0. The van der Waals surface area contributed by atoms with Gasteiger partial charge in [-0.1, -0.05) is 12.1 Å². The molecule has 0 radical (unpaired) electrons. The molecule has 33 heavy (non-hydrogen) atoms. The standard InChI is InChI=1S/C23H24N2O6S2/c1-25(18-8-10-19(30-2)11-9-18)33(28,29)21-7-3-5-17(15-21)23(27)31-16-22(26)24-13-12-20-6-4-14-32-20/h3-11,14-15H,12-13,16H2,1-2H3,(H,24,26). The molecule has 0 aliphatic carbocycles. The number of thiophene rings is 1. The highest BCUT2D eigenvalue weighted by molar-refractivity contribution is 7.92. The summed E-state index contributed by atoms with van der Waals surface area (Å²) in [5.74, 6) is -0.611. The van der Waals surface area contributed by atoms with Gasteiger partial charge in [-0.2, -0.15) is 0 Å². The van der Waals surface area contributed by atoms with E-state index in [-0.39, 0.29) is 10.5 Å². The highest BCUT2D eigenvalue weighted by Crippen LogP contribution is 2.25. The second kappa shape index (κ2) is 11.0. The van der Waals surface area contributed by atoms with Crippen molar-refractivity contribution in [2.24, 2.45) is 0 Å². The first kappa shape index (κ1) is 24.3. The Kier molecular flexibility index (Phi) is 8.07. The molecule has 1 N–H and O–H groups in total. The summed E-state index contributed by atoms with van der Waals surface area (Å²) >= 11 is 1.60. The minimum absolute atomic E-state index is 0.0330. The van der Waals surface area contributed by atoms with Crippen molar-refractivity contribution < 1.29 is 27.5 Å². The van der Waals surface area contributed by atoms with Gasteiger partial charge in [0.1, 0.15) is 5.75 Å². The lowest BCUT2D eigenvalue weighted by Crippen LogP contribution is -2.30. The summed E-state index contributed by atoms with van der Waals surface area (Å²) in [7, 11) is -0.984. The number of nitrogens with zero attached hydrogens (tertiary/aromatic N) is 1. The summed E-state index contributed by atoms with van der Waals surface area (Å²) < 4.78 is 37.3. The molecule has 0 saturated carbocycles. The lowest BCUT2D eigenvalue weighted by molar-refractivity contribution is -0.124. The van der Waals surface area contributed by atoms with E-state index in [1.54, 1.807) is 35.6 Å². The van der Waals surface area contributed by atoms with Crippen LogP contribution in [-0.4, -0.2) is 47.6 Å². The molecule has 8 nitrogen and oxygen atoms in total. The van der Waals surface area contributed by atoms with Gasteiger partial charge in [-0.25, -0.2) is 13.2 Å². The van der Waals surface area contributed by atoms with E-state index < -0.39 is 28.5 Å². The van der Waals surface area contributed by atoms with E-state index in [1.165, 1.54) is 38.4 Å². The number of ether oxygens (including phenoxy) is 2. The molecule has 10 heteroatoms. The fourth-order valence-corrected chi connectivity index (χ4v) is 4.87. The van der Waals surface area contributed by atoms with E-state index in [4.69, 9.17) is 9.47 Å². The first-order valence-electron chi connectivity index (χ1n) is 10.0. The number of carbonyl (C=O) groups excluding carboxylic acids is 2. The Morgan fingerprint density at radius 3 is 2.48 bits per heavy atom. The molecule has 3 aromatic rings. The van der Waals surface area contributed by atoms with E-state index in [9.17, 15) is 18.0 Å². The third-order valence-corrected chi connectivity index (χ3v) is 7.49. The van der Waals surface area contributed by atoms with Crippen LogP contribution in [0.15, 0.2) is 70.9 Å². The molecule has 174 valence electrons. The van der Waals surface area contributed by atoms with Crippen molar-refractivity contribution in [1.29, 1.82) is 0 Å². The molecule has 0 unspecified atom stereocenters. The van der Waals surface area contributed by atoms with Gasteiger partial charge in [0.05, 0.1) is 23.3 Å². The highest BCUT2D eigenvalue weighted by Gasteiger charge is 2.23. The average Bonchev–Trinajstić information content (AvgIpc) is 3.35. The molecule has 1 aromatic heterocycles. The zero-order chi connectivity index (χ0) is 23.8. The Morgan fingerprint density at radius 1 is 1.06 bits per heavy atom. The summed E-state index contributed by atoms with van der Waals surface area (Å²) in [5, 5.41) is 4.64. The predicted molar refractivity (Wildman–Crippen MR) is 126 cm³/mol. The first-order valence-corrected chi connectivity index (χ1v) is 12.3. The lowest BCUT2D eigenvalue weighted by Gasteiger charge is -2.20. The number of methoxy groups -OCH3 is 1. The maximum absolute atomic E-state index is 13.0. The number of carbonyl (C=O) groups is 2. The van der Waals surface area contributed by atoms with Crippen molar-refractivity contribution in [3.8, 4) is 5.75 Å². The van der Waals surface area contributed by atoms with Crippen LogP contribution in [0.1, 0.15) is 15.2 Å². The zero-order valence-corrected chi connectivity index (χ0v) is 19.8. The van der Waals surface area contributed by atoms with Crippen molar-refractivity contribution in [3.63, 3.8) is 0 Å². The molecule has 0 bridgehead atoms. The van der Waals surface area contributed by atoms with Crippen LogP contribution < -0.4 is 14.4 Å². The van der Waals surface area contributed by atoms with E-state index in [0.29, 0.717) is 24.4 Å². The summed E-state index contributed by atoms with van der Waals surface area (Å²) in [6.45, 7) is -0.0195. The number of esters is 1. The minimum Gasteiger partial charge on any atom is -0.497 e. The largest absolute Gasteiger partial charge is 0.497 e. The Labute approximate surface area is 196 Å². The van der Waals surface area contributed by atoms with Gasteiger partial charge in [-0.3, -0.25) is 9.10 Å². The van der Waals surface area contributed by atoms with E-state index in [1.807, 2.05) is 17.5 Å². The van der Waals surface area contributed by atoms with Crippen LogP contribution >= 0.6 is 11.3 Å². The molecule has 1 amide bonds. The van der Waals surface area contributed by atoms with Crippen molar-refractivity contribution >= 4 is 38.9 Å². The fraction of sp³-hybridized carbons (Fsp3) is 0.217. The van der Waals surface area contributed by atoms with Crippen molar-refractivity contribution in [2.45, 2.75) is 11.3 Å². The maximum Gasteiger partial charge on any atom is 0.338 e. The third-order valence-electron chi connectivity index (χ3n) is 4.77. The molecule has 3 rings (SSSR count). The third kappa shape index (κ3) is 6.33. The second-order valence-electron chi connectivity index (χ2n) is 6.95. The number of amides is 1. The number of anilines is 1. The van der Waals surface area contributed by atoms with Crippen molar-refractivity contribution in [1.82, 2.24) is 5.32 Å². The van der Waals surface area contributed by atoms with Gasteiger partial charge in [-0.15, -0.1) is 11.3 Å². The topological polar surface area (TPSA) is 102 Å². The number of hydrogen-bond acceptors (Lipinski definition) is 7. The van der Waals surface area contributed by atoms with Crippen molar-refractivity contribution in [3.05, 3.63) is 76.5 Å². The van der Waals surface area contributed by atoms with Gasteiger partial charge < -0.3 is 14.8 Å². The summed E-state index contributed by atoms with van der Waals surface area (Å²) in [6, 6.07) is 16.0. The molecule has 0 saturated heterocycles. The Morgan fingerprint density at radius 2 is 1.82 bits per heavy atom. The highest BCUT2D eigenvalue weighted by atomic mass is 32.2. The minimum atomic E-state index is -3.93. The molecule has 0 aliphatic rings. The molecule has 0 spiro atoms. The number of benzene rings is 2. The monoisotopic (exact) mass is 488 g/mol. The van der Waals surface area contributed by atoms with E-state index >= 15 is 0 Å². The van der Waals surface area contributed by atoms with Crippen LogP contribution in [0, 0.1) is 0 Å². The van der Waals surface area contributed by atoms with Crippen molar-refractivity contribution in [2.75, 3.05) is 31.6 Å². The van der Waals surface area contributed by atoms with Gasteiger partial charge in [-0.05, 0) is 60.3 Å². The van der Waals surface area contributed by atoms with Gasteiger partial charge in [0.15, 0.2) is 6.61 Å².